The number of para-hydroxylation sites is 3. The first kappa shape index (κ1) is 29.9. The first-order chi connectivity index (χ1) is 33.7. The van der Waals surface area contributed by atoms with Crippen LogP contribution in [0.25, 0.3) is 126 Å². The summed E-state index contributed by atoms with van der Waals surface area (Å²) in [5.74, 6) is 1.63. The summed E-state index contributed by atoms with van der Waals surface area (Å²) in [5.41, 5.74) is 8.48. The van der Waals surface area contributed by atoms with E-state index in [1.165, 1.54) is 12.1 Å². The number of nitrogens with zero attached hydrogens (tertiary/aromatic N) is 4. The lowest BCUT2D eigenvalue weighted by Gasteiger charge is -2.17. The normalized spacial score (nSPS) is 13.1. The molecule has 13 aromatic rings. The van der Waals surface area contributed by atoms with Gasteiger partial charge in [0.2, 0.25) is 0 Å². The highest BCUT2D eigenvalue weighted by molar-refractivity contribution is 7.26. The summed E-state index contributed by atoms with van der Waals surface area (Å²) in [7, 11) is 0. The summed E-state index contributed by atoms with van der Waals surface area (Å²) in [6, 6.07) is 54.5. The zero-order valence-corrected chi connectivity index (χ0v) is 34.1. The molecule has 0 spiro atoms. The Morgan fingerprint density at radius 1 is 0.444 bits per heavy atom. The van der Waals surface area contributed by atoms with Crippen molar-refractivity contribution in [2.45, 2.75) is 0 Å². The second kappa shape index (κ2) is 14.2. The van der Waals surface area contributed by atoms with E-state index in [-0.39, 0.29) is 47.0 Å². The summed E-state index contributed by atoms with van der Waals surface area (Å²) >= 11 is 1.69. The topological polar surface area (TPSA) is 56.7 Å². The molecular formula is C57H34N4OS. The number of benzene rings is 9. The third-order valence-corrected chi connectivity index (χ3v) is 13.1. The van der Waals surface area contributed by atoms with Crippen LogP contribution in [-0.2, 0) is 0 Å². The molecule has 0 unspecified atom stereocenters. The standard InChI is InChI=1S/C57H34N4OS/c1-3-16-35(17-4-1)55-58-56(36-18-5-2-6-19-36)60-57(59-55)45-27-15-30-50-52(45)44-26-13-23-38(53(44)62-50)37-32-33-49(61-47-28-10-7-20-39(47)40-21-8-11-29-48(40)61)46(34-37)43-25-14-24-42-41-22-9-12-31-51(41)63-54(42)43/h1-34H/i7D,8D,20D,21D,28D,29D. The van der Waals surface area contributed by atoms with E-state index in [2.05, 4.69) is 36.4 Å². The van der Waals surface area contributed by atoms with Crippen LogP contribution in [0, 0.1) is 0 Å². The molecule has 0 bridgehead atoms. The minimum atomic E-state index is -0.163. The average Bonchev–Trinajstić information content (AvgIpc) is 4.09. The van der Waals surface area contributed by atoms with Gasteiger partial charge in [-0.05, 0) is 41.9 Å². The molecule has 0 radical (unpaired) electrons. The molecule has 0 saturated heterocycles. The van der Waals surface area contributed by atoms with Crippen molar-refractivity contribution in [3.05, 3.63) is 206 Å². The molecule has 0 N–H and O–H groups in total. The lowest BCUT2D eigenvalue weighted by Crippen LogP contribution is -2.00. The molecule has 0 aliphatic heterocycles. The van der Waals surface area contributed by atoms with Gasteiger partial charge >= 0.3 is 0 Å². The number of furan rings is 1. The van der Waals surface area contributed by atoms with E-state index in [4.69, 9.17) is 24.9 Å². The Kier molecular flexibility index (Phi) is 6.75. The van der Waals surface area contributed by atoms with E-state index < -0.39 is 0 Å². The second-order valence-corrected chi connectivity index (χ2v) is 16.5. The fraction of sp³-hybridized carbons (Fsp3) is 0. The van der Waals surface area contributed by atoms with E-state index in [0.29, 0.717) is 45.4 Å². The van der Waals surface area contributed by atoms with Crippen molar-refractivity contribution < 1.29 is 12.6 Å². The molecular weight excluding hydrogens is 789 g/mol. The lowest BCUT2D eigenvalue weighted by atomic mass is 9.94. The molecule has 4 heterocycles. The predicted molar refractivity (Wildman–Crippen MR) is 262 cm³/mol. The molecule has 0 saturated carbocycles. The van der Waals surface area contributed by atoms with Crippen LogP contribution < -0.4 is 0 Å². The zero-order valence-electron chi connectivity index (χ0n) is 39.3. The number of hydrogen-bond acceptors (Lipinski definition) is 5. The summed E-state index contributed by atoms with van der Waals surface area (Å²) in [5, 5.41) is 4.37. The molecule has 0 aliphatic carbocycles. The third-order valence-electron chi connectivity index (χ3n) is 11.8. The van der Waals surface area contributed by atoms with Gasteiger partial charge in [-0.15, -0.1) is 11.3 Å². The van der Waals surface area contributed by atoms with Crippen molar-refractivity contribution >= 4 is 75.3 Å². The van der Waals surface area contributed by atoms with E-state index in [1.807, 2.05) is 121 Å². The summed E-state index contributed by atoms with van der Waals surface area (Å²) < 4.78 is 64.9. The quantitative estimate of drug-likeness (QED) is 0.168. The Labute approximate surface area is 374 Å². The van der Waals surface area contributed by atoms with E-state index >= 15 is 0 Å². The van der Waals surface area contributed by atoms with Crippen LogP contribution in [0.5, 0.6) is 0 Å². The van der Waals surface area contributed by atoms with Crippen molar-refractivity contribution in [3.8, 4) is 62.1 Å². The monoisotopic (exact) mass is 828 g/mol. The summed E-state index contributed by atoms with van der Waals surface area (Å²) in [4.78, 5) is 15.1. The van der Waals surface area contributed by atoms with Gasteiger partial charge in [-0.3, -0.25) is 0 Å². The van der Waals surface area contributed by atoms with E-state index in [1.54, 1.807) is 15.9 Å². The number of hydrogen-bond donors (Lipinski definition) is 0. The fourth-order valence-corrected chi connectivity index (χ4v) is 10.2. The van der Waals surface area contributed by atoms with Gasteiger partial charge in [0.1, 0.15) is 11.2 Å². The van der Waals surface area contributed by atoms with Gasteiger partial charge in [-0.1, -0.05) is 170 Å². The fourth-order valence-electron chi connectivity index (χ4n) is 9.02. The SMILES string of the molecule is [2H]c1cc([2H])c2c(c1[2H])c1c([2H])c([2H])cc([2H])c1n2-c1ccc(-c2cccc3c2oc2cccc(-c4nc(-c5ccccc5)nc(-c5ccccc5)n4)c23)cc1-c1cccc2c1sc1ccccc12. The number of rotatable bonds is 6. The Morgan fingerprint density at radius 3 is 1.78 bits per heavy atom. The van der Waals surface area contributed by atoms with Crippen molar-refractivity contribution in [2.24, 2.45) is 0 Å². The van der Waals surface area contributed by atoms with Crippen LogP contribution in [-0.4, -0.2) is 19.5 Å². The first-order valence-corrected chi connectivity index (χ1v) is 21.4. The second-order valence-electron chi connectivity index (χ2n) is 15.4. The Balaban J connectivity index is 1.08. The molecule has 13 rings (SSSR count). The molecule has 9 aromatic carbocycles. The Morgan fingerprint density at radius 2 is 1.05 bits per heavy atom. The maximum atomic E-state index is 9.29. The van der Waals surface area contributed by atoms with Crippen molar-refractivity contribution in [1.29, 1.82) is 0 Å². The molecule has 5 nitrogen and oxygen atoms in total. The zero-order chi connectivity index (χ0) is 46.7. The molecule has 0 amide bonds. The van der Waals surface area contributed by atoms with Gasteiger partial charge < -0.3 is 8.98 Å². The van der Waals surface area contributed by atoms with Gasteiger partial charge in [0, 0.05) is 75.1 Å². The smallest absolute Gasteiger partial charge is 0.164 e. The maximum absolute atomic E-state index is 9.29. The molecule has 294 valence electrons. The van der Waals surface area contributed by atoms with E-state index in [9.17, 15) is 2.74 Å². The maximum Gasteiger partial charge on any atom is 0.164 e. The van der Waals surface area contributed by atoms with Crippen LogP contribution in [0.4, 0.5) is 0 Å². The largest absolute Gasteiger partial charge is 0.455 e. The molecule has 0 atom stereocenters. The van der Waals surface area contributed by atoms with Gasteiger partial charge in [0.25, 0.3) is 0 Å². The minimum absolute atomic E-state index is 0.0181. The molecule has 0 fully saturated rings. The highest BCUT2D eigenvalue weighted by Crippen LogP contribution is 2.46. The molecule has 6 heteroatoms. The summed E-state index contributed by atoms with van der Waals surface area (Å²) in [6.07, 6.45) is 0. The molecule has 4 aromatic heterocycles. The van der Waals surface area contributed by atoms with Crippen LogP contribution in [0.2, 0.25) is 0 Å². The van der Waals surface area contributed by atoms with Crippen molar-refractivity contribution in [2.75, 3.05) is 0 Å². The first-order valence-electron chi connectivity index (χ1n) is 23.6. The minimum Gasteiger partial charge on any atom is -0.455 e. The Bertz CT molecular complexity index is 4150. The predicted octanol–water partition coefficient (Wildman–Crippen LogP) is 15.6. The van der Waals surface area contributed by atoms with Crippen molar-refractivity contribution in [3.63, 3.8) is 0 Å². The van der Waals surface area contributed by atoms with Gasteiger partial charge in [0.15, 0.2) is 17.5 Å². The van der Waals surface area contributed by atoms with Crippen LogP contribution in [0.3, 0.4) is 0 Å². The van der Waals surface area contributed by atoms with Crippen LogP contribution >= 0.6 is 11.3 Å². The average molecular weight is 829 g/mol. The number of aromatic nitrogens is 4. The lowest BCUT2D eigenvalue weighted by molar-refractivity contribution is 0.670. The van der Waals surface area contributed by atoms with Gasteiger partial charge in [-0.25, -0.2) is 15.0 Å². The third kappa shape index (κ3) is 5.66. The van der Waals surface area contributed by atoms with Crippen molar-refractivity contribution in [1.82, 2.24) is 19.5 Å². The molecule has 63 heavy (non-hydrogen) atoms. The molecule has 0 aliphatic rings. The highest BCUT2D eigenvalue weighted by atomic mass is 32.1. The Hall–Kier alpha value is -8.19. The summed E-state index contributed by atoms with van der Waals surface area (Å²) in [6.45, 7) is 0. The number of fused-ring (bicyclic) bond motifs is 9. The van der Waals surface area contributed by atoms with Gasteiger partial charge in [-0.2, -0.15) is 0 Å². The van der Waals surface area contributed by atoms with E-state index in [0.717, 1.165) is 69.9 Å². The van der Waals surface area contributed by atoms with Crippen LogP contribution in [0.1, 0.15) is 8.22 Å². The highest BCUT2D eigenvalue weighted by Gasteiger charge is 2.22. The van der Waals surface area contributed by atoms with Crippen LogP contribution in [0.15, 0.2) is 211 Å². The number of thiophene rings is 1. The van der Waals surface area contributed by atoms with Gasteiger partial charge in [0.05, 0.1) is 24.9 Å².